The molecule has 0 amide bonds. The Kier molecular flexibility index (Phi) is 3.43. The molecule has 0 bridgehead atoms. The topological polar surface area (TPSA) is 20.7 Å². The summed E-state index contributed by atoms with van der Waals surface area (Å²) in [5.41, 5.74) is 10.0. The fourth-order valence-corrected chi connectivity index (χ4v) is 5.97. The third-order valence-electron chi connectivity index (χ3n) is 7.16. The Morgan fingerprint density at radius 3 is 2.38 bits per heavy atom. The number of aromatic amines is 1. The van der Waals surface area contributed by atoms with Crippen molar-refractivity contribution >= 4 is 44.3 Å². The van der Waals surface area contributed by atoms with E-state index in [9.17, 15) is 0 Å². The molecule has 1 N–H and O–H groups in total. The van der Waals surface area contributed by atoms with E-state index in [1.54, 1.807) is 0 Å². The van der Waals surface area contributed by atoms with Crippen molar-refractivity contribution in [3.05, 3.63) is 101 Å². The first-order valence-electron chi connectivity index (χ1n) is 11.0. The number of fused-ring (bicyclic) bond motifs is 9. The SMILES string of the molecule is CC1(C)c2ccccc2-c2c1c1ccc3c4cc(Cl)ccc4[nH]c3c1n2-c1ccccc1. The summed E-state index contributed by atoms with van der Waals surface area (Å²) in [6.45, 7) is 4.70. The molecule has 0 fully saturated rings. The van der Waals surface area contributed by atoms with Crippen LogP contribution in [0.15, 0.2) is 84.9 Å². The van der Waals surface area contributed by atoms with Crippen molar-refractivity contribution in [2.24, 2.45) is 0 Å². The minimum atomic E-state index is -0.0762. The Labute approximate surface area is 191 Å². The minimum Gasteiger partial charge on any atom is -0.353 e. The zero-order valence-electron chi connectivity index (χ0n) is 17.9. The van der Waals surface area contributed by atoms with Crippen LogP contribution in [0.5, 0.6) is 0 Å². The van der Waals surface area contributed by atoms with Crippen LogP contribution in [-0.4, -0.2) is 9.55 Å². The van der Waals surface area contributed by atoms with Crippen molar-refractivity contribution < 1.29 is 0 Å². The van der Waals surface area contributed by atoms with Gasteiger partial charge < -0.3 is 9.55 Å². The van der Waals surface area contributed by atoms with Gasteiger partial charge in [-0.3, -0.25) is 0 Å². The predicted molar refractivity (Wildman–Crippen MR) is 135 cm³/mol. The Bertz CT molecular complexity index is 1700. The molecule has 2 nitrogen and oxygen atoms in total. The van der Waals surface area contributed by atoms with Gasteiger partial charge in [-0.1, -0.05) is 80.0 Å². The van der Waals surface area contributed by atoms with E-state index in [1.165, 1.54) is 44.4 Å². The highest BCUT2D eigenvalue weighted by molar-refractivity contribution is 6.32. The summed E-state index contributed by atoms with van der Waals surface area (Å²) < 4.78 is 2.46. The van der Waals surface area contributed by atoms with E-state index in [0.717, 1.165) is 21.4 Å². The van der Waals surface area contributed by atoms with Crippen LogP contribution in [-0.2, 0) is 5.41 Å². The molecule has 0 atom stereocenters. The summed E-state index contributed by atoms with van der Waals surface area (Å²) in [6.07, 6.45) is 0. The molecule has 2 heterocycles. The second kappa shape index (κ2) is 6.05. The molecule has 154 valence electrons. The molecule has 0 saturated carbocycles. The second-order valence-corrected chi connectivity index (χ2v) is 9.70. The average molecular weight is 433 g/mol. The largest absolute Gasteiger partial charge is 0.353 e. The Morgan fingerprint density at radius 2 is 1.53 bits per heavy atom. The monoisotopic (exact) mass is 432 g/mol. The number of nitrogens with zero attached hydrogens (tertiary/aromatic N) is 1. The summed E-state index contributed by atoms with van der Waals surface area (Å²) in [4.78, 5) is 3.72. The number of aromatic nitrogens is 2. The third kappa shape index (κ3) is 2.15. The lowest BCUT2D eigenvalue weighted by atomic mass is 9.81. The van der Waals surface area contributed by atoms with Crippen LogP contribution in [0.4, 0.5) is 0 Å². The van der Waals surface area contributed by atoms with Crippen molar-refractivity contribution in [1.29, 1.82) is 0 Å². The highest BCUT2D eigenvalue weighted by Crippen LogP contribution is 2.54. The van der Waals surface area contributed by atoms with E-state index in [1.807, 2.05) is 6.07 Å². The molecule has 2 aromatic heterocycles. The highest BCUT2D eigenvalue weighted by Gasteiger charge is 2.40. The molecule has 0 saturated heterocycles. The zero-order valence-corrected chi connectivity index (χ0v) is 18.7. The van der Waals surface area contributed by atoms with Crippen molar-refractivity contribution in [2.45, 2.75) is 19.3 Å². The maximum absolute atomic E-state index is 6.36. The summed E-state index contributed by atoms with van der Waals surface area (Å²) in [5.74, 6) is 0. The number of halogens is 1. The van der Waals surface area contributed by atoms with Crippen LogP contribution < -0.4 is 0 Å². The molecule has 1 aliphatic carbocycles. The van der Waals surface area contributed by atoms with Crippen LogP contribution >= 0.6 is 11.6 Å². The molecule has 3 heteroatoms. The fourth-order valence-electron chi connectivity index (χ4n) is 5.80. The summed E-state index contributed by atoms with van der Waals surface area (Å²) in [6, 6.07) is 30.2. The average Bonchev–Trinajstić information content (AvgIpc) is 3.42. The molecule has 7 rings (SSSR count). The number of hydrogen-bond acceptors (Lipinski definition) is 0. The molecule has 0 spiro atoms. The van der Waals surface area contributed by atoms with Crippen LogP contribution in [0.1, 0.15) is 25.0 Å². The van der Waals surface area contributed by atoms with Crippen LogP contribution in [0.3, 0.4) is 0 Å². The molecule has 6 aromatic rings. The number of nitrogens with one attached hydrogen (secondary N) is 1. The lowest BCUT2D eigenvalue weighted by molar-refractivity contribution is 0.666. The van der Waals surface area contributed by atoms with Gasteiger partial charge in [0.2, 0.25) is 0 Å². The number of H-pyrrole nitrogens is 1. The fraction of sp³-hybridized carbons (Fsp3) is 0.103. The summed E-state index contributed by atoms with van der Waals surface area (Å²) in [5, 5.41) is 4.43. The van der Waals surface area contributed by atoms with Gasteiger partial charge in [0.1, 0.15) is 0 Å². The summed E-state index contributed by atoms with van der Waals surface area (Å²) in [7, 11) is 0. The normalized spacial score (nSPS) is 14.3. The van der Waals surface area contributed by atoms with Gasteiger partial charge in [0.15, 0.2) is 0 Å². The maximum atomic E-state index is 6.36. The minimum absolute atomic E-state index is 0.0762. The number of para-hydroxylation sites is 1. The van der Waals surface area contributed by atoms with Crippen LogP contribution in [0.2, 0.25) is 5.02 Å². The van der Waals surface area contributed by atoms with E-state index >= 15 is 0 Å². The molecule has 0 aliphatic heterocycles. The molecule has 32 heavy (non-hydrogen) atoms. The smallest absolute Gasteiger partial charge is 0.0780 e. The lowest BCUT2D eigenvalue weighted by Crippen LogP contribution is -2.14. The third-order valence-corrected chi connectivity index (χ3v) is 7.39. The van der Waals surface area contributed by atoms with E-state index < -0.39 is 0 Å². The van der Waals surface area contributed by atoms with E-state index in [-0.39, 0.29) is 5.41 Å². The number of rotatable bonds is 1. The van der Waals surface area contributed by atoms with Gasteiger partial charge in [-0.05, 0) is 41.5 Å². The van der Waals surface area contributed by atoms with Gasteiger partial charge in [-0.2, -0.15) is 0 Å². The molecular formula is C29H21ClN2. The lowest BCUT2D eigenvalue weighted by Gasteiger charge is -2.21. The van der Waals surface area contributed by atoms with Crippen LogP contribution in [0.25, 0.3) is 49.7 Å². The van der Waals surface area contributed by atoms with Gasteiger partial charge in [0.05, 0.1) is 16.7 Å². The first-order chi connectivity index (χ1) is 15.6. The Balaban J connectivity index is 1.75. The molecule has 1 aliphatic rings. The van der Waals surface area contributed by atoms with Gasteiger partial charge in [0.25, 0.3) is 0 Å². The second-order valence-electron chi connectivity index (χ2n) is 9.26. The molecular weight excluding hydrogens is 412 g/mol. The first-order valence-corrected chi connectivity index (χ1v) is 11.4. The highest BCUT2D eigenvalue weighted by atomic mass is 35.5. The predicted octanol–water partition coefficient (Wildman–Crippen LogP) is 8.22. The zero-order chi connectivity index (χ0) is 21.6. The van der Waals surface area contributed by atoms with E-state index in [0.29, 0.717) is 0 Å². The number of hydrogen-bond donors (Lipinski definition) is 1. The van der Waals surface area contributed by atoms with E-state index in [2.05, 4.69) is 102 Å². The van der Waals surface area contributed by atoms with Gasteiger partial charge in [-0.25, -0.2) is 0 Å². The molecule has 0 radical (unpaired) electrons. The summed E-state index contributed by atoms with van der Waals surface area (Å²) >= 11 is 6.36. The Hall–Kier alpha value is -3.49. The molecule has 4 aromatic carbocycles. The van der Waals surface area contributed by atoms with Crippen LogP contribution in [0, 0.1) is 0 Å². The van der Waals surface area contributed by atoms with E-state index in [4.69, 9.17) is 11.6 Å². The van der Waals surface area contributed by atoms with Gasteiger partial charge >= 0.3 is 0 Å². The quantitative estimate of drug-likeness (QED) is 0.270. The Morgan fingerprint density at radius 1 is 0.781 bits per heavy atom. The van der Waals surface area contributed by atoms with Crippen molar-refractivity contribution in [2.75, 3.05) is 0 Å². The standard InChI is InChI=1S/C29H21ClN2/c1-29(2)23-11-7-6-10-20(23)27-25(29)21-14-13-19-22-16-17(30)12-15-24(22)31-26(19)28(21)32(27)18-8-4-3-5-9-18/h3-16,31H,1-2H3. The maximum Gasteiger partial charge on any atom is 0.0780 e. The van der Waals surface area contributed by atoms with Gasteiger partial charge in [0, 0.05) is 43.4 Å². The first kappa shape index (κ1) is 18.1. The van der Waals surface area contributed by atoms with Gasteiger partial charge in [-0.15, -0.1) is 0 Å². The number of benzene rings is 4. The van der Waals surface area contributed by atoms with Crippen molar-refractivity contribution in [3.8, 4) is 16.9 Å². The van der Waals surface area contributed by atoms with Crippen molar-refractivity contribution in [1.82, 2.24) is 9.55 Å². The van der Waals surface area contributed by atoms with Crippen molar-refractivity contribution in [3.63, 3.8) is 0 Å². The molecule has 0 unspecified atom stereocenters.